The van der Waals surface area contributed by atoms with Gasteiger partial charge in [-0.05, 0) is 47.4 Å². The average molecular weight is 646 g/mol. The normalized spacial score (nSPS) is 19.5. The smallest absolute Gasteiger partial charge is 0.330 e. The van der Waals surface area contributed by atoms with E-state index >= 15 is 0 Å². The first kappa shape index (κ1) is 34.1. The number of aliphatic hydroxyl groups excluding tert-OH is 1. The first-order chi connectivity index (χ1) is 22.9. The number of nitrogens with one attached hydrogen (secondary N) is 2. The molecule has 47 heavy (non-hydrogen) atoms. The van der Waals surface area contributed by atoms with Gasteiger partial charge in [-0.3, -0.25) is 19.2 Å². The van der Waals surface area contributed by atoms with E-state index in [1.165, 1.54) is 12.3 Å². The molecule has 1 aliphatic heterocycles. The SMILES string of the molecule is CCCCCCNO[C@H]1[C@@H](O)[C@H](n2ccc(=O)[nH]c2=O)O[C@@H]1COC(c1ccccc1)(c1ccc(OC)cc1)c1ccc(OC)cc1. The summed E-state index contributed by atoms with van der Waals surface area (Å²) >= 11 is 0. The fraction of sp³-hybridized carbons (Fsp3) is 0.389. The molecule has 5 rings (SSSR count). The van der Waals surface area contributed by atoms with Crippen LogP contribution in [0.4, 0.5) is 0 Å². The predicted octanol–water partition coefficient (Wildman–Crippen LogP) is 4.29. The number of methoxy groups -OCH3 is 2. The summed E-state index contributed by atoms with van der Waals surface area (Å²) in [7, 11) is 3.23. The van der Waals surface area contributed by atoms with Crippen molar-refractivity contribution < 1.29 is 28.9 Å². The number of unbranched alkanes of at least 4 members (excludes halogenated alkanes) is 3. The number of hydrogen-bond donors (Lipinski definition) is 3. The molecule has 1 fully saturated rings. The van der Waals surface area contributed by atoms with Crippen molar-refractivity contribution in [1.29, 1.82) is 0 Å². The summed E-state index contributed by atoms with van der Waals surface area (Å²) in [6.07, 6.45) is 1.34. The van der Waals surface area contributed by atoms with E-state index in [0.29, 0.717) is 18.0 Å². The number of aromatic nitrogens is 2. The van der Waals surface area contributed by atoms with Crippen molar-refractivity contribution in [3.8, 4) is 11.5 Å². The van der Waals surface area contributed by atoms with E-state index in [1.54, 1.807) is 14.2 Å². The van der Waals surface area contributed by atoms with Gasteiger partial charge in [0, 0.05) is 18.8 Å². The lowest BCUT2D eigenvalue weighted by Gasteiger charge is -2.37. The van der Waals surface area contributed by atoms with Crippen LogP contribution in [0.3, 0.4) is 0 Å². The lowest BCUT2D eigenvalue weighted by molar-refractivity contribution is -0.123. The Bertz CT molecular complexity index is 1610. The summed E-state index contributed by atoms with van der Waals surface area (Å²) in [5.74, 6) is 1.39. The molecule has 250 valence electrons. The van der Waals surface area contributed by atoms with Gasteiger partial charge < -0.3 is 24.1 Å². The van der Waals surface area contributed by atoms with E-state index in [9.17, 15) is 14.7 Å². The molecule has 11 heteroatoms. The Morgan fingerprint density at radius 3 is 2.04 bits per heavy atom. The van der Waals surface area contributed by atoms with Crippen LogP contribution in [0, 0.1) is 0 Å². The van der Waals surface area contributed by atoms with Crippen molar-refractivity contribution in [2.24, 2.45) is 0 Å². The van der Waals surface area contributed by atoms with E-state index in [1.807, 2.05) is 78.9 Å². The first-order valence-corrected chi connectivity index (χ1v) is 15.9. The van der Waals surface area contributed by atoms with E-state index in [4.69, 9.17) is 23.8 Å². The minimum absolute atomic E-state index is 0.0409. The Balaban J connectivity index is 1.53. The Kier molecular flexibility index (Phi) is 11.6. The fourth-order valence-corrected chi connectivity index (χ4v) is 5.92. The number of aliphatic hydroxyl groups is 1. The van der Waals surface area contributed by atoms with Gasteiger partial charge in [-0.25, -0.2) is 10.3 Å². The first-order valence-electron chi connectivity index (χ1n) is 15.9. The average Bonchev–Trinajstić information content (AvgIpc) is 3.41. The van der Waals surface area contributed by atoms with Gasteiger partial charge in [-0.15, -0.1) is 0 Å². The maximum Gasteiger partial charge on any atom is 0.330 e. The van der Waals surface area contributed by atoms with Crippen LogP contribution in [-0.2, 0) is 19.9 Å². The van der Waals surface area contributed by atoms with Crippen LogP contribution in [-0.4, -0.2) is 60.3 Å². The molecule has 1 saturated heterocycles. The molecule has 0 saturated carbocycles. The molecule has 0 spiro atoms. The summed E-state index contributed by atoms with van der Waals surface area (Å²) in [5.41, 5.74) is 3.11. The zero-order valence-electron chi connectivity index (χ0n) is 27.0. The molecule has 0 aliphatic carbocycles. The summed E-state index contributed by atoms with van der Waals surface area (Å²) in [4.78, 5) is 32.8. The number of hydrogen-bond acceptors (Lipinski definition) is 9. The molecule has 1 aliphatic rings. The van der Waals surface area contributed by atoms with Crippen molar-refractivity contribution >= 4 is 0 Å². The Hall–Kier alpha value is -4.26. The highest BCUT2D eigenvalue weighted by Gasteiger charge is 2.48. The van der Waals surface area contributed by atoms with Gasteiger partial charge in [0.05, 0.1) is 20.8 Å². The third-order valence-electron chi connectivity index (χ3n) is 8.42. The maximum absolute atomic E-state index is 12.7. The number of hydroxylamine groups is 1. The highest BCUT2D eigenvalue weighted by atomic mass is 16.7. The lowest BCUT2D eigenvalue weighted by Crippen LogP contribution is -2.43. The van der Waals surface area contributed by atoms with E-state index in [-0.39, 0.29) is 6.61 Å². The number of ether oxygens (including phenoxy) is 4. The number of benzene rings is 3. The van der Waals surface area contributed by atoms with Gasteiger partial charge >= 0.3 is 5.69 Å². The molecule has 0 unspecified atom stereocenters. The van der Waals surface area contributed by atoms with Crippen LogP contribution in [0.15, 0.2) is 101 Å². The molecule has 0 amide bonds. The molecule has 4 atom stereocenters. The summed E-state index contributed by atoms with van der Waals surface area (Å²) in [5, 5.41) is 11.5. The van der Waals surface area contributed by atoms with Crippen LogP contribution in [0.1, 0.15) is 55.5 Å². The second-order valence-corrected chi connectivity index (χ2v) is 11.4. The van der Waals surface area contributed by atoms with Gasteiger partial charge in [0.15, 0.2) is 6.23 Å². The Morgan fingerprint density at radius 1 is 0.851 bits per heavy atom. The molecule has 0 radical (unpaired) electrons. The quantitative estimate of drug-likeness (QED) is 0.0927. The van der Waals surface area contributed by atoms with Crippen molar-refractivity contribution in [2.45, 2.75) is 62.7 Å². The highest BCUT2D eigenvalue weighted by Crippen LogP contribution is 2.43. The van der Waals surface area contributed by atoms with Crippen LogP contribution < -0.4 is 26.2 Å². The molecular weight excluding hydrogens is 602 g/mol. The van der Waals surface area contributed by atoms with Crippen LogP contribution >= 0.6 is 0 Å². The van der Waals surface area contributed by atoms with Gasteiger partial charge in [-0.1, -0.05) is 80.8 Å². The Morgan fingerprint density at radius 2 is 1.47 bits per heavy atom. The van der Waals surface area contributed by atoms with Gasteiger partial charge in [0.25, 0.3) is 5.56 Å². The fourth-order valence-electron chi connectivity index (χ4n) is 5.92. The van der Waals surface area contributed by atoms with Crippen LogP contribution in [0.25, 0.3) is 0 Å². The third kappa shape index (κ3) is 7.66. The van der Waals surface area contributed by atoms with Crippen molar-refractivity contribution in [2.75, 3.05) is 27.4 Å². The van der Waals surface area contributed by atoms with Gasteiger partial charge in [0.1, 0.15) is 35.4 Å². The number of H-pyrrole nitrogens is 1. The van der Waals surface area contributed by atoms with Crippen LogP contribution in [0.2, 0.25) is 0 Å². The number of nitrogens with zero attached hydrogens (tertiary/aromatic N) is 1. The molecule has 0 bridgehead atoms. The van der Waals surface area contributed by atoms with Gasteiger partial charge in [0.2, 0.25) is 0 Å². The predicted molar refractivity (Wildman–Crippen MR) is 177 cm³/mol. The molecule has 4 aromatic rings. The van der Waals surface area contributed by atoms with Gasteiger partial charge in [-0.2, -0.15) is 0 Å². The zero-order chi connectivity index (χ0) is 33.2. The lowest BCUT2D eigenvalue weighted by atomic mass is 9.80. The summed E-state index contributed by atoms with van der Waals surface area (Å²) in [6.45, 7) is 2.68. The minimum atomic E-state index is -1.26. The largest absolute Gasteiger partial charge is 0.497 e. The molecule has 2 heterocycles. The number of aromatic amines is 1. The highest BCUT2D eigenvalue weighted by molar-refractivity contribution is 5.49. The zero-order valence-corrected chi connectivity index (χ0v) is 27.0. The topological polar surface area (TPSA) is 133 Å². The van der Waals surface area contributed by atoms with E-state index in [2.05, 4.69) is 17.4 Å². The monoisotopic (exact) mass is 645 g/mol. The minimum Gasteiger partial charge on any atom is -0.497 e. The molecule has 3 N–H and O–H groups in total. The number of rotatable bonds is 16. The van der Waals surface area contributed by atoms with Crippen LogP contribution in [0.5, 0.6) is 11.5 Å². The maximum atomic E-state index is 12.7. The van der Waals surface area contributed by atoms with Crippen molar-refractivity contribution in [1.82, 2.24) is 15.0 Å². The second-order valence-electron chi connectivity index (χ2n) is 11.4. The summed E-state index contributed by atoms with van der Waals surface area (Å²) < 4.78 is 25.4. The molecular formula is C36H43N3O8. The van der Waals surface area contributed by atoms with Crippen molar-refractivity contribution in [3.05, 3.63) is 129 Å². The molecule has 1 aromatic heterocycles. The third-order valence-corrected chi connectivity index (χ3v) is 8.42. The molecule has 3 aromatic carbocycles. The summed E-state index contributed by atoms with van der Waals surface area (Å²) in [6, 6.07) is 26.4. The Labute approximate surface area is 274 Å². The molecule has 11 nitrogen and oxygen atoms in total. The van der Waals surface area contributed by atoms with Crippen molar-refractivity contribution in [3.63, 3.8) is 0 Å². The standard InChI is InChI=1S/C36H43N3O8/c1-4-5-6-10-22-37-47-33-30(46-34(32(33)41)39-23-21-31(40)38-35(39)42)24-45-36(25-11-8-7-9-12-25,26-13-17-28(43-2)18-14-26)27-15-19-29(44-3)20-16-27/h7-9,11-21,23,30,32-34,37,41H,4-6,10,22,24H2,1-3H3,(H,38,40,42)/t30-,32-,33-,34-/m1/s1. The van der Waals surface area contributed by atoms with E-state index < -0.39 is 41.4 Å². The van der Waals surface area contributed by atoms with E-state index in [0.717, 1.165) is 46.9 Å². The second kappa shape index (κ2) is 16.0.